The van der Waals surface area contributed by atoms with E-state index in [2.05, 4.69) is 24.9 Å². The van der Waals surface area contributed by atoms with Crippen LogP contribution in [0, 0.1) is 0 Å². The zero-order valence-corrected chi connectivity index (χ0v) is 9.92. The molecule has 88 valence electrons. The number of ketones is 1. The minimum Gasteiger partial charge on any atom is -0.396 e. The first-order valence-corrected chi connectivity index (χ1v) is 5.73. The molecule has 3 N–H and O–H groups in total. The Kier molecular flexibility index (Phi) is 3.00. The van der Waals surface area contributed by atoms with E-state index in [0.717, 1.165) is 18.5 Å². The Balaban J connectivity index is 2.17. The molecule has 17 heavy (non-hydrogen) atoms. The molecule has 1 aromatic carbocycles. The maximum Gasteiger partial charge on any atom is 0.212 e. The molecule has 0 aromatic heterocycles. The highest BCUT2D eigenvalue weighted by molar-refractivity contribution is 6.20. The number of Topliss-reactive ketones (excluding diaryl/α,β-unsaturated/α-hetero) is 1. The van der Waals surface area contributed by atoms with Gasteiger partial charge >= 0.3 is 0 Å². The first kappa shape index (κ1) is 11.5. The Labute approximate surface area is 101 Å². The van der Waals surface area contributed by atoms with Gasteiger partial charge in [0.2, 0.25) is 5.78 Å². The second kappa shape index (κ2) is 4.45. The Hall–Kier alpha value is -2.03. The second-order valence-electron chi connectivity index (χ2n) is 4.17. The fourth-order valence-corrected chi connectivity index (χ4v) is 1.85. The van der Waals surface area contributed by atoms with Gasteiger partial charge in [-0.15, -0.1) is 0 Å². The summed E-state index contributed by atoms with van der Waals surface area (Å²) in [6, 6.07) is 8.02. The van der Waals surface area contributed by atoms with Crippen molar-refractivity contribution in [2.24, 2.45) is 5.73 Å². The van der Waals surface area contributed by atoms with Crippen LogP contribution in [0.2, 0.25) is 0 Å². The Morgan fingerprint density at radius 3 is 2.82 bits per heavy atom. The largest absolute Gasteiger partial charge is 0.396 e. The van der Waals surface area contributed by atoms with Crippen LogP contribution >= 0.6 is 0 Å². The van der Waals surface area contributed by atoms with Crippen molar-refractivity contribution in [2.75, 3.05) is 5.32 Å². The van der Waals surface area contributed by atoms with Gasteiger partial charge in [0.25, 0.3) is 0 Å². The third kappa shape index (κ3) is 2.09. The van der Waals surface area contributed by atoms with E-state index >= 15 is 0 Å². The number of carbonyl (C=O) groups is 1. The number of hydrogen-bond donors (Lipinski definition) is 2. The van der Waals surface area contributed by atoms with Crippen molar-refractivity contribution in [2.45, 2.75) is 19.8 Å². The molecule has 0 heterocycles. The van der Waals surface area contributed by atoms with Crippen molar-refractivity contribution in [3.8, 4) is 0 Å². The first-order chi connectivity index (χ1) is 8.13. The lowest BCUT2D eigenvalue weighted by molar-refractivity contribution is -0.113. The van der Waals surface area contributed by atoms with Gasteiger partial charge in [0.15, 0.2) is 0 Å². The number of aryl methyl sites for hydroxylation is 1. The van der Waals surface area contributed by atoms with Crippen LogP contribution in [0.25, 0.3) is 0 Å². The summed E-state index contributed by atoms with van der Waals surface area (Å²) in [6.07, 6.45) is 2.13. The lowest BCUT2D eigenvalue weighted by atomic mass is 9.93. The summed E-state index contributed by atoms with van der Waals surface area (Å²) in [7, 11) is 0. The van der Waals surface area contributed by atoms with Gasteiger partial charge in [-0.1, -0.05) is 32.1 Å². The van der Waals surface area contributed by atoms with Gasteiger partial charge in [-0.05, 0) is 24.1 Å². The highest BCUT2D eigenvalue weighted by Gasteiger charge is 2.29. The average Bonchev–Trinajstić information content (AvgIpc) is 2.35. The van der Waals surface area contributed by atoms with Gasteiger partial charge in [0.1, 0.15) is 5.70 Å². The molecular formula is C14H16N2O. The molecule has 0 saturated carbocycles. The van der Waals surface area contributed by atoms with E-state index in [0.29, 0.717) is 17.0 Å². The number of hydrogen-bond acceptors (Lipinski definition) is 3. The van der Waals surface area contributed by atoms with Crippen LogP contribution in [0.15, 0.2) is 47.8 Å². The molecule has 1 aromatic rings. The molecular weight excluding hydrogens is 212 g/mol. The molecule has 1 aliphatic rings. The van der Waals surface area contributed by atoms with Crippen molar-refractivity contribution in [1.82, 2.24) is 0 Å². The SMILES string of the molecule is C=C1C(=O)C(Nc2cccc(CCC)c2)=C1N. The van der Waals surface area contributed by atoms with Crippen LogP contribution in [0.5, 0.6) is 0 Å². The van der Waals surface area contributed by atoms with Gasteiger partial charge in [-0.3, -0.25) is 4.79 Å². The molecule has 0 saturated heterocycles. The van der Waals surface area contributed by atoms with Crippen LogP contribution in [0.1, 0.15) is 18.9 Å². The van der Waals surface area contributed by atoms with Crippen molar-refractivity contribution in [3.05, 3.63) is 53.4 Å². The lowest BCUT2D eigenvalue weighted by Gasteiger charge is -2.22. The predicted molar refractivity (Wildman–Crippen MR) is 69.4 cm³/mol. The molecule has 3 heteroatoms. The molecule has 0 unspecified atom stereocenters. The Morgan fingerprint density at radius 1 is 1.41 bits per heavy atom. The molecule has 0 amide bonds. The maximum atomic E-state index is 11.5. The zero-order valence-electron chi connectivity index (χ0n) is 9.92. The number of benzene rings is 1. The lowest BCUT2D eigenvalue weighted by Crippen LogP contribution is -2.31. The van der Waals surface area contributed by atoms with E-state index in [9.17, 15) is 4.79 Å². The van der Waals surface area contributed by atoms with Crippen molar-refractivity contribution < 1.29 is 4.79 Å². The first-order valence-electron chi connectivity index (χ1n) is 5.73. The van der Waals surface area contributed by atoms with Crippen LogP contribution in [0.3, 0.4) is 0 Å². The fourth-order valence-electron chi connectivity index (χ4n) is 1.85. The van der Waals surface area contributed by atoms with Crippen LogP contribution < -0.4 is 11.1 Å². The van der Waals surface area contributed by atoms with Gasteiger partial charge in [0, 0.05) is 11.3 Å². The monoisotopic (exact) mass is 228 g/mol. The van der Waals surface area contributed by atoms with Crippen molar-refractivity contribution in [1.29, 1.82) is 0 Å². The fraction of sp³-hybridized carbons (Fsp3) is 0.214. The maximum absolute atomic E-state index is 11.5. The van der Waals surface area contributed by atoms with E-state index in [4.69, 9.17) is 5.73 Å². The Bertz CT molecular complexity index is 515. The quantitative estimate of drug-likeness (QED) is 0.778. The number of nitrogens with one attached hydrogen (secondary N) is 1. The van der Waals surface area contributed by atoms with E-state index in [1.54, 1.807) is 0 Å². The molecule has 0 spiro atoms. The molecule has 2 rings (SSSR count). The highest BCUT2D eigenvalue weighted by atomic mass is 16.1. The van der Waals surface area contributed by atoms with Crippen molar-refractivity contribution >= 4 is 11.5 Å². The van der Waals surface area contributed by atoms with E-state index in [1.807, 2.05) is 18.2 Å². The van der Waals surface area contributed by atoms with Crippen LogP contribution in [0.4, 0.5) is 5.69 Å². The third-order valence-corrected chi connectivity index (χ3v) is 2.83. The van der Waals surface area contributed by atoms with Gasteiger partial charge < -0.3 is 11.1 Å². The number of allylic oxidation sites excluding steroid dienone is 2. The molecule has 0 aliphatic heterocycles. The summed E-state index contributed by atoms with van der Waals surface area (Å²) in [4.78, 5) is 11.5. The zero-order chi connectivity index (χ0) is 12.4. The summed E-state index contributed by atoms with van der Waals surface area (Å²) >= 11 is 0. The van der Waals surface area contributed by atoms with Crippen LogP contribution in [-0.4, -0.2) is 5.78 Å². The van der Waals surface area contributed by atoms with Gasteiger partial charge in [0.05, 0.1) is 5.70 Å². The molecule has 1 aliphatic carbocycles. The average molecular weight is 228 g/mol. The second-order valence-corrected chi connectivity index (χ2v) is 4.17. The van der Waals surface area contributed by atoms with E-state index < -0.39 is 0 Å². The standard InChI is InChI=1S/C14H16N2O/c1-3-5-10-6-4-7-11(8-10)16-13-12(15)9(2)14(13)17/h4,6-8,16H,2-3,5,15H2,1H3. The minimum absolute atomic E-state index is 0.0941. The van der Waals surface area contributed by atoms with Crippen molar-refractivity contribution in [3.63, 3.8) is 0 Å². The number of rotatable bonds is 4. The molecule has 0 atom stereocenters. The molecule has 0 fully saturated rings. The smallest absolute Gasteiger partial charge is 0.212 e. The normalized spacial score (nSPS) is 14.9. The highest BCUT2D eigenvalue weighted by Crippen LogP contribution is 2.26. The molecule has 3 nitrogen and oxygen atoms in total. The minimum atomic E-state index is -0.0941. The number of carbonyl (C=O) groups excluding carboxylic acids is 1. The summed E-state index contributed by atoms with van der Waals surface area (Å²) < 4.78 is 0. The Morgan fingerprint density at radius 2 is 2.18 bits per heavy atom. The summed E-state index contributed by atoms with van der Waals surface area (Å²) in [5.74, 6) is -0.0941. The number of nitrogens with two attached hydrogens (primary N) is 1. The number of anilines is 1. The predicted octanol–water partition coefficient (Wildman–Crippen LogP) is 2.36. The topological polar surface area (TPSA) is 55.1 Å². The third-order valence-electron chi connectivity index (χ3n) is 2.83. The van der Waals surface area contributed by atoms with Gasteiger partial charge in [-0.25, -0.2) is 0 Å². The van der Waals surface area contributed by atoms with E-state index in [-0.39, 0.29) is 5.78 Å². The molecule has 0 bridgehead atoms. The molecule has 0 radical (unpaired) electrons. The summed E-state index contributed by atoms with van der Waals surface area (Å²) in [5, 5.41) is 3.05. The summed E-state index contributed by atoms with van der Waals surface area (Å²) in [6.45, 7) is 5.73. The van der Waals surface area contributed by atoms with Gasteiger partial charge in [-0.2, -0.15) is 0 Å². The van der Waals surface area contributed by atoms with Crippen LogP contribution in [-0.2, 0) is 11.2 Å². The van der Waals surface area contributed by atoms with E-state index in [1.165, 1.54) is 5.56 Å². The summed E-state index contributed by atoms with van der Waals surface area (Å²) in [5.41, 5.74) is 9.18.